The zero-order valence-corrected chi connectivity index (χ0v) is 11.0. The number of aromatic nitrogens is 1. The van der Waals surface area contributed by atoms with E-state index < -0.39 is 0 Å². The molecule has 1 heterocycles. The van der Waals surface area contributed by atoms with E-state index in [9.17, 15) is 0 Å². The van der Waals surface area contributed by atoms with Crippen LogP contribution in [0.2, 0.25) is 0 Å². The minimum atomic E-state index is 0.613. The summed E-state index contributed by atoms with van der Waals surface area (Å²) in [5.74, 6) is 2.71. The van der Waals surface area contributed by atoms with Crippen LogP contribution in [0.25, 0.3) is 0 Å². The third-order valence-corrected chi connectivity index (χ3v) is 3.50. The van der Waals surface area contributed by atoms with Gasteiger partial charge >= 0.3 is 0 Å². The summed E-state index contributed by atoms with van der Waals surface area (Å²) in [6.07, 6.45) is 0. The number of nitrogen functional groups attached to an aromatic ring is 1. The Labute approximate surface area is 102 Å². The number of hydrogen-bond acceptors (Lipinski definition) is 4. The third kappa shape index (κ3) is 4.86. The predicted molar refractivity (Wildman–Crippen MR) is 72.6 cm³/mol. The number of nitrogens with two attached hydrogens (primary N) is 1. The van der Waals surface area contributed by atoms with E-state index in [-0.39, 0.29) is 0 Å². The maximum atomic E-state index is 5.63. The summed E-state index contributed by atoms with van der Waals surface area (Å²) >= 11 is 1.91. The Kier molecular flexibility index (Phi) is 6.26. The van der Waals surface area contributed by atoms with Crippen molar-refractivity contribution in [3.63, 3.8) is 0 Å². The fourth-order valence-corrected chi connectivity index (χ4v) is 2.39. The number of anilines is 1. The number of hydrogen-bond donors (Lipinski definition) is 1. The molecule has 0 bridgehead atoms. The molecular formula is C12H21N3S. The molecule has 0 unspecified atom stereocenters. The second-order valence-corrected chi connectivity index (χ2v) is 4.74. The van der Waals surface area contributed by atoms with E-state index in [1.807, 2.05) is 30.0 Å². The minimum absolute atomic E-state index is 0.613. The van der Waals surface area contributed by atoms with Crippen molar-refractivity contribution < 1.29 is 0 Å². The van der Waals surface area contributed by atoms with Crippen molar-refractivity contribution in [3.8, 4) is 0 Å². The van der Waals surface area contributed by atoms with Gasteiger partial charge in [-0.1, -0.05) is 19.9 Å². The van der Waals surface area contributed by atoms with Crippen molar-refractivity contribution >= 4 is 17.6 Å². The topological polar surface area (TPSA) is 42.1 Å². The Morgan fingerprint density at radius 1 is 1.31 bits per heavy atom. The molecule has 3 nitrogen and oxygen atoms in total. The molecule has 0 aliphatic rings. The molecule has 0 fully saturated rings. The second kappa shape index (κ2) is 7.52. The number of rotatable bonds is 7. The molecule has 0 spiro atoms. The van der Waals surface area contributed by atoms with Crippen molar-refractivity contribution in [1.82, 2.24) is 9.88 Å². The lowest BCUT2D eigenvalue weighted by molar-refractivity contribution is 0.324. The van der Waals surface area contributed by atoms with Gasteiger partial charge in [0.15, 0.2) is 0 Å². The summed E-state index contributed by atoms with van der Waals surface area (Å²) in [5, 5.41) is 0. The predicted octanol–water partition coefficient (Wildman–Crippen LogP) is 2.24. The van der Waals surface area contributed by atoms with E-state index in [0.717, 1.165) is 36.8 Å². The van der Waals surface area contributed by atoms with Gasteiger partial charge in [0, 0.05) is 18.1 Å². The summed E-state index contributed by atoms with van der Waals surface area (Å²) in [5.41, 5.74) is 6.70. The Morgan fingerprint density at radius 2 is 2.06 bits per heavy atom. The van der Waals surface area contributed by atoms with E-state index in [2.05, 4.69) is 23.7 Å². The fraction of sp³-hybridized carbons (Fsp3) is 0.583. The van der Waals surface area contributed by atoms with Crippen LogP contribution in [-0.2, 0) is 5.75 Å². The van der Waals surface area contributed by atoms with Crippen LogP contribution >= 0.6 is 11.8 Å². The van der Waals surface area contributed by atoms with Gasteiger partial charge in [-0.25, -0.2) is 4.98 Å². The van der Waals surface area contributed by atoms with E-state index in [1.54, 1.807) is 0 Å². The molecule has 0 amide bonds. The normalized spacial score (nSPS) is 10.9. The average Bonchev–Trinajstić information content (AvgIpc) is 2.29. The first kappa shape index (κ1) is 13.3. The molecule has 0 radical (unpaired) electrons. The van der Waals surface area contributed by atoms with Gasteiger partial charge in [0.1, 0.15) is 5.82 Å². The maximum absolute atomic E-state index is 5.63. The van der Waals surface area contributed by atoms with Crippen LogP contribution in [0.15, 0.2) is 18.2 Å². The zero-order chi connectivity index (χ0) is 11.8. The van der Waals surface area contributed by atoms with Crippen LogP contribution in [0.3, 0.4) is 0 Å². The van der Waals surface area contributed by atoms with Crippen LogP contribution in [0.5, 0.6) is 0 Å². The van der Waals surface area contributed by atoms with Gasteiger partial charge in [-0.05, 0) is 25.2 Å². The summed E-state index contributed by atoms with van der Waals surface area (Å²) in [6.45, 7) is 7.82. The molecule has 1 rings (SSSR count). The monoisotopic (exact) mass is 239 g/mol. The summed E-state index contributed by atoms with van der Waals surface area (Å²) in [4.78, 5) is 6.70. The van der Waals surface area contributed by atoms with E-state index in [4.69, 9.17) is 5.73 Å². The molecule has 16 heavy (non-hydrogen) atoms. The van der Waals surface area contributed by atoms with E-state index >= 15 is 0 Å². The second-order valence-electron chi connectivity index (χ2n) is 3.63. The maximum Gasteiger partial charge on any atom is 0.123 e. The van der Waals surface area contributed by atoms with Gasteiger partial charge in [0.2, 0.25) is 0 Å². The molecule has 0 aromatic carbocycles. The van der Waals surface area contributed by atoms with Crippen LogP contribution in [0.1, 0.15) is 19.5 Å². The smallest absolute Gasteiger partial charge is 0.123 e. The lowest BCUT2D eigenvalue weighted by atomic mass is 10.4. The van der Waals surface area contributed by atoms with Gasteiger partial charge in [-0.3, -0.25) is 0 Å². The van der Waals surface area contributed by atoms with Crippen molar-refractivity contribution in [1.29, 1.82) is 0 Å². The van der Waals surface area contributed by atoms with Crippen LogP contribution in [0, 0.1) is 0 Å². The molecule has 90 valence electrons. The molecular weight excluding hydrogens is 218 g/mol. The molecule has 0 saturated carbocycles. The van der Waals surface area contributed by atoms with Gasteiger partial charge in [0.05, 0.1) is 5.69 Å². The summed E-state index contributed by atoms with van der Waals surface area (Å²) < 4.78 is 0. The first-order chi connectivity index (χ1) is 7.76. The number of pyridine rings is 1. The highest BCUT2D eigenvalue weighted by Gasteiger charge is 1.99. The quantitative estimate of drug-likeness (QED) is 0.741. The van der Waals surface area contributed by atoms with Crippen molar-refractivity contribution in [2.75, 3.05) is 31.1 Å². The number of nitrogens with zero attached hydrogens (tertiary/aromatic N) is 2. The van der Waals surface area contributed by atoms with Crippen molar-refractivity contribution in [2.24, 2.45) is 0 Å². The Hall–Kier alpha value is -0.740. The van der Waals surface area contributed by atoms with Crippen molar-refractivity contribution in [2.45, 2.75) is 19.6 Å². The van der Waals surface area contributed by atoms with Gasteiger partial charge < -0.3 is 10.6 Å². The molecule has 4 heteroatoms. The lowest BCUT2D eigenvalue weighted by Crippen LogP contribution is -2.25. The first-order valence-corrected chi connectivity index (χ1v) is 6.93. The number of thioether (sulfide) groups is 1. The molecule has 1 aromatic rings. The van der Waals surface area contributed by atoms with Crippen LogP contribution in [0.4, 0.5) is 5.82 Å². The van der Waals surface area contributed by atoms with Crippen LogP contribution in [-0.4, -0.2) is 35.3 Å². The minimum Gasteiger partial charge on any atom is -0.384 e. The molecule has 0 atom stereocenters. The highest BCUT2D eigenvalue weighted by Crippen LogP contribution is 2.11. The largest absolute Gasteiger partial charge is 0.384 e. The molecule has 0 saturated heterocycles. The third-order valence-electron chi connectivity index (χ3n) is 2.52. The molecule has 1 aromatic heterocycles. The highest BCUT2D eigenvalue weighted by molar-refractivity contribution is 7.98. The summed E-state index contributed by atoms with van der Waals surface area (Å²) in [7, 11) is 0. The van der Waals surface area contributed by atoms with Gasteiger partial charge in [0.25, 0.3) is 0 Å². The molecule has 2 N–H and O–H groups in total. The molecule has 0 aliphatic carbocycles. The standard InChI is InChI=1S/C12H21N3S/c1-3-15(4-2)8-9-16-10-11-6-5-7-12(13)14-11/h5-7H,3-4,8-10H2,1-2H3,(H2,13,14). The molecule has 0 aliphatic heterocycles. The van der Waals surface area contributed by atoms with Crippen molar-refractivity contribution in [3.05, 3.63) is 23.9 Å². The highest BCUT2D eigenvalue weighted by atomic mass is 32.2. The Morgan fingerprint density at radius 3 is 2.69 bits per heavy atom. The first-order valence-electron chi connectivity index (χ1n) is 5.77. The van der Waals surface area contributed by atoms with E-state index in [0.29, 0.717) is 5.82 Å². The summed E-state index contributed by atoms with van der Waals surface area (Å²) in [6, 6.07) is 5.81. The lowest BCUT2D eigenvalue weighted by Gasteiger charge is -2.17. The Bertz CT molecular complexity index is 300. The zero-order valence-electron chi connectivity index (χ0n) is 10.1. The fourth-order valence-electron chi connectivity index (χ4n) is 1.49. The Balaban J connectivity index is 2.20. The van der Waals surface area contributed by atoms with Gasteiger partial charge in [-0.15, -0.1) is 0 Å². The average molecular weight is 239 g/mol. The van der Waals surface area contributed by atoms with Gasteiger partial charge in [-0.2, -0.15) is 11.8 Å². The van der Waals surface area contributed by atoms with E-state index in [1.165, 1.54) is 0 Å². The van der Waals surface area contributed by atoms with Crippen LogP contribution < -0.4 is 5.73 Å². The SMILES string of the molecule is CCN(CC)CCSCc1cccc(N)n1.